The quantitative estimate of drug-likeness (QED) is 0.651. The lowest BCUT2D eigenvalue weighted by molar-refractivity contribution is -0.0452. The second-order valence-electron chi connectivity index (χ2n) is 9.44. The molecule has 6 rings (SSSR count). The van der Waals surface area contributed by atoms with E-state index in [0.29, 0.717) is 6.61 Å². The molecule has 1 N–H and O–H groups in total. The average molecular weight is 438 g/mol. The smallest absolute Gasteiger partial charge is 0.104 e. The van der Waals surface area contributed by atoms with Gasteiger partial charge in [0.05, 0.1) is 35.5 Å². The van der Waals surface area contributed by atoms with Gasteiger partial charge in [0.1, 0.15) is 5.54 Å². The number of halogens is 1. The number of benzene rings is 1. The summed E-state index contributed by atoms with van der Waals surface area (Å²) in [4.78, 5) is 2.54. The SMILES string of the molecule is Cc1c(CN2CCC3(CC2)CC2(CO3)Nc3cc(Cl)ccc3-n3cccc32)cnn1C. The fourth-order valence-corrected chi connectivity index (χ4v) is 5.85. The summed E-state index contributed by atoms with van der Waals surface area (Å²) in [5.41, 5.74) is 5.82. The van der Waals surface area contributed by atoms with E-state index in [9.17, 15) is 0 Å². The molecule has 162 valence electrons. The number of ether oxygens (including phenoxy) is 1. The highest BCUT2D eigenvalue weighted by Crippen LogP contribution is 2.50. The summed E-state index contributed by atoms with van der Waals surface area (Å²) in [6.45, 7) is 5.89. The molecule has 0 amide bonds. The molecule has 0 bridgehead atoms. The first kappa shape index (κ1) is 19.4. The van der Waals surface area contributed by atoms with E-state index in [1.165, 1.54) is 17.0 Å². The number of fused-ring (bicyclic) bond motifs is 4. The van der Waals surface area contributed by atoms with Gasteiger partial charge >= 0.3 is 0 Å². The Kier molecular flexibility index (Phi) is 4.29. The minimum atomic E-state index is -0.205. The van der Waals surface area contributed by atoms with Crippen molar-refractivity contribution in [2.75, 3.05) is 25.0 Å². The molecule has 1 atom stereocenters. The van der Waals surface area contributed by atoms with Crippen molar-refractivity contribution in [3.63, 3.8) is 0 Å². The van der Waals surface area contributed by atoms with Crippen LogP contribution in [0, 0.1) is 6.92 Å². The van der Waals surface area contributed by atoms with Crippen LogP contribution in [0.5, 0.6) is 0 Å². The van der Waals surface area contributed by atoms with Gasteiger partial charge in [-0.25, -0.2) is 0 Å². The van der Waals surface area contributed by atoms with Gasteiger partial charge in [0, 0.05) is 55.6 Å². The molecule has 5 heterocycles. The van der Waals surface area contributed by atoms with Crippen LogP contribution in [0.2, 0.25) is 5.02 Å². The van der Waals surface area contributed by atoms with Crippen LogP contribution in [0.1, 0.15) is 36.2 Å². The third-order valence-electron chi connectivity index (χ3n) is 7.58. The Balaban J connectivity index is 1.22. The van der Waals surface area contributed by atoms with Crippen LogP contribution in [-0.2, 0) is 23.9 Å². The summed E-state index contributed by atoms with van der Waals surface area (Å²) in [5.74, 6) is 0. The van der Waals surface area contributed by atoms with Crippen molar-refractivity contribution >= 4 is 17.3 Å². The zero-order valence-electron chi connectivity index (χ0n) is 18.1. The van der Waals surface area contributed by atoms with Gasteiger partial charge in [-0.1, -0.05) is 11.6 Å². The molecule has 3 aliphatic heterocycles. The van der Waals surface area contributed by atoms with Gasteiger partial charge in [-0.15, -0.1) is 0 Å². The van der Waals surface area contributed by atoms with E-state index in [4.69, 9.17) is 16.3 Å². The monoisotopic (exact) mass is 437 g/mol. The highest BCUT2D eigenvalue weighted by Gasteiger charge is 2.53. The van der Waals surface area contributed by atoms with Crippen LogP contribution in [0.3, 0.4) is 0 Å². The maximum absolute atomic E-state index is 6.62. The molecular formula is C24H28ClN5O. The van der Waals surface area contributed by atoms with Crippen molar-refractivity contribution in [2.45, 2.75) is 43.9 Å². The lowest BCUT2D eigenvalue weighted by atomic mass is 9.79. The molecule has 2 aromatic heterocycles. The van der Waals surface area contributed by atoms with E-state index in [1.807, 2.05) is 30.1 Å². The zero-order valence-corrected chi connectivity index (χ0v) is 18.8. The fourth-order valence-electron chi connectivity index (χ4n) is 5.67. The van der Waals surface area contributed by atoms with Crippen molar-refractivity contribution in [3.8, 4) is 5.69 Å². The number of aryl methyl sites for hydroxylation is 1. The Bertz CT molecular complexity index is 1140. The molecule has 1 aromatic carbocycles. The molecule has 6 nitrogen and oxygen atoms in total. The van der Waals surface area contributed by atoms with E-state index >= 15 is 0 Å². The van der Waals surface area contributed by atoms with Crippen LogP contribution in [0.15, 0.2) is 42.7 Å². The zero-order chi connectivity index (χ0) is 21.2. The van der Waals surface area contributed by atoms with Gasteiger partial charge in [-0.05, 0) is 50.1 Å². The lowest BCUT2D eigenvalue weighted by Crippen LogP contribution is -2.46. The number of piperidine rings is 1. The van der Waals surface area contributed by atoms with E-state index < -0.39 is 0 Å². The topological polar surface area (TPSA) is 47.2 Å². The van der Waals surface area contributed by atoms with Crippen molar-refractivity contribution < 1.29 is 4.74 Å². The third kappa shape index (κ3) is 3.04. The number of hydrogen-bond donors (Lipinski definition) is 1. The maximum Gasteiger partial charge on any atom is 0.104 e. The fraction of sp³-hybridized carbons (Fsp3) is 0.458. The predicted molar refractivity (Wildman–Crippen MR) is 122 cm³/mol. The van der Waals surface area contributed by atoms with Crippen LogP contribution in [0.4, 0.5) is 5.69 Å². The Morgan fingerprint density at radius 2 is 2.06 bits per heavy atom. The number of hydrogen-bond acceptors (Lipinski definition) is 4. The van der Waals surface area contributed by atoms with Crippen molar-refractivity contribution in [2.24, 2.45) is 7.05 Å². The first-order valence-electron chi connectivity index (χ1n) is 11.1. The minimum absolute atomic E-state index is 0.0708. The molecule has 3 aromatic rings. The number of likely N-dealkylation sites (tertiary alicyclic amines) is 1. The van der Waals surface area contributed by atoms with Crippen molar-refractivity contribution in [3.05, 3.63) is 64.7 Å². The minimum Gasteiger partial charge on any atom is -0.372 e. The van der Waals surface area contributed by atoms with Crippen LogP contribution >= 0.6 is 11.6 Å². The number of anilines is 1. The molecule has 0 aliphatic carbocycles. The van der Waals surface area contributed by atoms with E-state index in [-0.39, 0.29) is 11.1 Å². The van der Waals surface area contributed by atoms with Gasteiger partial charge in [0.25, 0.3) is 0 Å². The van der Waals surface area contributed by atoms with E-state index in [2.05, 4.69) is 51.2 Å². The molecular weight excluding hydrogens is 410 g/mol. The Morgan fingerprint density at radius 3 is 2.84 bits per heavy atom. The number of nitrogens with zero attached hydrogens (tertiary/aromatic N) is 4. The van der Waals surface area contributed by atoms with E-state index in [1.54, 1.807) is 0 Å². The van der Waals surface area contributed by atoms with Gasteiger partial charge in [-0.2, -0.15) is 5.10 Å². The predicted octanol–water partition coefficient (Wildman–Crippen LogP) is 4.25. The second-order valence-corrected chi connectivity index (χ2v) is 9.87. The number of nitrogens with one attached hydrogen (secondary N) is 1. The third-order valence-corrected chi connectivity index (χ3v) is 7.81. The summed E-state index contributed by atoms with van der Waals surface area (Å²) in [7, 11) is 2.01. The molecule has 3 aliphatic rings. The Labute approximate surface area is 187 Å². The highest BCUT2D eigenvalue weighted by molar-refractivity contribution is 6.31. The lowest BCUT2D eigenvalue weighted by Gasteiger charge is -2.41. The summed E-state index contributed by atoms with van der Waals surface area (Å²) >= 11 is 6.32. The highest BCUT2D eigenvalue weighted by atomic mass is 35.5. The van der Waals surface area contributed by atoms with Crippen LogP contribution in [0.25, 0.3) is 5.69 Å². The standard InChI is InChI=1S/C24H28ClN5O/c1-17-18(13-26-28(17)2)14-29-10-7-23(8-11-29)15-24(16-31-23)22-4-3-9-30(22)21-6-5-19(25)12-20(21)27-24/h3-6,9,12-13,27H,7-8,10-11,14-16H2,1-2H3. The van der Waals surface area contributed by atoms with Gasteiger partial charge in [-0.3, -0.25) is 9.58 Å². The average Bonchev–Trinajstić information content (AvgIpc) is 3.46. The molecule has 0 saturated carbocycles. The summed E-state index contributed by atoms with van der Waals surface area (Å²) in [6.07, 6.45) is 7.24. The normalized spacial score (nSPS) is 24.4. The van der Waals surface area contributed by atoms with Crippen LogP contribution < -0.4 is 5.32 Å². The first-order valence-corrected chi connectivity index (χ1v) is 11.4. The Hall–Kier alpha value is -2.28. The number of aromatic nitrogens is 3. The summed E-state index contributed by atoms with van der Waals surface area (Å²) in [6, 6.07) is 10.4. The molecule has 2 spiro atoms. The molecule has 2 fully saturated rings. The van der Waals surface area contributed by atoms with E-state index in [0.717, 1.165) is 55.3 Å². The molecule has 7 heteroatoms. The number of rotatable bonds is 2. The largest absolute Gasteiger partial charge is 0.372 e. The Morgan fingerprint density at radius 1 is 1.23 bits per heavy atom. The molecule has 31 heavy (non-hydrogen) atoms. The maximum atomic E-state index is 6.62. The second kappa shape index (κ2) is 6.86. The first-order chi connectivity index (χ1) is 15.0. The van der Waals surface area contributed by atoms with Crippen molar-refractivity contribution in [1.29, 1.82) is 0 Å². The molecule has 0 radical (unpaired) electrons. The van der Waals surface area contributed by atoms with Crippen molar-refractivity contribution in [1.82, 2.24) is 19.2 Å². The van der Waals surface area contributed by atoms with Gasteiger partial charge in [0.2, 0.25) is 0 Å². The van der Waals surface area contributed by atoms with Gasteiger partial charge in [0.15, 0.2) is 0 Å². The summed E-state index contributed by atoms with van der Waals surface area (Å²) in [5, 5.41) is 8.98. The van der Waals surface area contributed by atoms with Crippen LogP contribution in [-0.4, -0.2) is 44.5 Å². The molecule has 1 unspecified atom stereocenters. The summed E-state index contributed by atoms with van der Waals surface area (Å²) < 4.78 is 10.9. The van der Waals surface area contributed by atoms with Gasteiger partial charge < -0.3 is 14.6 Å². The molecule has 2 saturated heterocycles.